The van der Waals surface area contributed by atoms with Gasteiger partial charge in [0.1, 0.15) is 0 Å². The Morgan fingerprint density at radius 1 is 1.27 bits per heavy atom. The molecule has 0 fully saturated rings. The van der Waals surface area contributed by atoms with Gasteiger partial charge in [-0.1, -0.05) is 18.7 Å². The highest BCUT2D eigenvalue weighted by Crippen LogP contribution is 2.27. The number of aryl methyl sites for hydroxylation is 1. The first kappa shape index (κ1) is 20.2. The number of hydrogen-bond acceptors (Lipinski definition) is 6. The zero-order valence-corrected chi connectivity index (χ0v) is 17.3. The number of nitrogens with one attached hydrogen (secondary N) is 1. The summed E-state index contributed by atoms with van der Waals surface area (Å²) in [5.41, 5.74) is 2.73. The number of carbonyl (C=O) groups is 2. The second-order valence-corrected chi connectivity index (χ2v) is 7.68. The Bertz CT molecular complexity index is 820. The molecule has 0 radical (unpaired) electrons. The fraction of sp³-hybridized carbons (Fsp3) is 0.556. The number of aromatic amines is 1. The van der Waals surface area contributed by atoms with Crippen molar-refractivity contribution in [3.05, 3.63) is 22.5 Å². The topological polar surface area (TPSA) is 83.9 Å². The molecule has 0 atom stereocenters. The molecular formula is C18H27N5O2S. The maximum Gasteiger partial charge on any atom is 0.227 e. The van der Waals surface area contributed by atoms with E-state index in [1.807, 2.05) is 37.4 Å². The molecule has 2 aromatic rings. The van der Waals surface area contributed by atoms with Crippen LogP contribution in [0.5, 0.6) is 0 Å². The first-order chi connectivity index (χ1) is 12.2. The Kier molecular flexibility index (Phi) is 6.28. The standard InChI is InChI=1S/C18H27N5O2S/c1-8-13-15(12(5)24)11(4)19-16(13)14(25)9-26-18-21-20-17(22(6)7)23(18)10(2)3/h10,19H,8-9H2,1-7H3. The van der Waals surface area contributed by atoms with Gasteiger partial charge in [-0.2, -0.15) is 0 Å². The van der Waals surface area contributed by atoms with Gasteiger partial charge in [-0.25, -0.2) is 0 Å². The zero-order valence-electron chi connectivity index (χ0n) is 16.5. The van der Waals surface area contributed by atoms with E-state index in [-0.39, 0.29) is 23.4 Å². The molecule has 0 aliphatic carbocycles. The Labute approximate surface area is 158 Å². The van der Waals surface area contributed by atoms with Crippen LogP contribution in [0.3, 0.4) is 0 Å². The monoisotopic (exact) mass is 377 g/mol. The summed E-state index contributed by atoms with van der Waals surface area (Å²) in [7, 11) is 3.84. The van der Waals surface area contributed by atoms with Crippen LogP contribution in [-0.4, -0.2) is 51.2 Å². The van der Waals surface area contributed by atoms with Gasteiger partial charge in [0.2, 0.25) is 5.95 Å². The molecule has 0 spiro atoms. The van der Waals surface area contributed by atoms with Crippen LogP contribution >= 0.6 is 11.8 Å². The first-order valence-corrected chi connectivity index (χ1v) is 9.68. The minimum atomic E-state index is -0.0350. The Morgan fingerprint density at radius 2 is 1.92 bits per heavy atom. The minimum Gasteiger partial charge on any atom is -0.355 e. The summed E-state index contributed by atoms with van der Waals surface area (Å²) < 4.78 is 2.01. The van der Waals surface area contributed by atoms with Crippen molar-refractivity contribution in [1.82, 2.24) is 19.7 Å². The SMILES string of the molecule is CCc1c(C(=O)CSc2nnc(N(C)C)n2C(C)C)[nH]c(C)c1C(C)=O. The van der Waals surface area contributed by atoms with E-state index in [4.69, 9.17) is 0 Å². The zero-order chi connectivity index (χ0) is 19.6. The molecule has 26 heavy (non-hydrogen) atoms. The highest BCUT2D eigenvalue weighted by Gasteiger charge is 2.23. The molecule has 0 bridgehead atoms. The second-order valence-electron chi connectivity index (χ2n) is 6.74. The third-order valence-electron chi connectivity index (χ3n) is 4.17. The molecule has 0 saturated heterocycles. The van der Waals surface area contributed by atoms with Crippen molar-refractivity contribution in [2.75, 3.05) is 24.7 Å². The average molecular weight is 378 g/mol. The molecular weight excluding hydrogens is 350 g/mol. The molecule has 0 amide bonds. The number of Topliss-reactive ketones (excluding diaryl/α,β-unsaturated/α-hetero) is 2. The predicted molar refractivity (Wildman–Crippen MR) is 105 cm³/mol. The van der Waals surface area contributed by atoms with Gasteiger partial charge in [0.05, 0.1) is 11.4 Å². The largest absolute Gasteiger partial charge is 0.355 e. The highest BCUT2D eigenvalue weighted by atomic mass is 32.2. The molecule has 0 aromatic carbocycles. The van der Waals surface area contributed by atoms with Crippen molar-refractivity contribution in [2.24, 2.45) is 0 Å². The van der Waals surface area contributed by atoms with Crippen LogP contribution in [0.1, 0.15) is 65.8 Å². The van der Waals surface area contributed by atoms with Crippen molar-refractivity contribution in [3.8, 4) is 0 Å². The third kappa shape index (κ3) is 3.85. The Balaban J connectivity index is 2.25. The van der Waals surface area contributed by atoms with Crippen LogP contribution in [0.25, 0.3) is 0 Å². The third-order valence-corrected chi connectivity index (χ3v) is 5.11. The van der Waals surface area contributed by atoms with E-state index in [2.05, 4.69) is 29.0 Å². The number of aromatic nitrogens is 4. The summed E-state index contributed by atoms with van der Waals surface area (Å²) in [5.74, 6) is 0.950. The van der Waals surface area contributed by atoms with Crippen molar-refractivity contribution in [3.63, 3.8) is 0 Å². The molecule has 2 heterocycles. The first-order valence-electron chi connectivity index (χ1n) is 8.69. The summed E-state index contributed by atoms with van der Waals surface area (Å²) in [6.07, 6.45) is 0.637. The van der Waals surface area contributed by atoms with Crippen LogP contribution in [0.15, 0.2) is 5.16 Å². The molecule has 0 unspecified atom stereocenters. The maximum absolute atomic E-state index is 12.8. The summed E-state index contributed by atoms with van der Waals surface area (Å²) in [6, 6.07) is 0.184. The van der Waals surface area contributed by atoms with Crippen molar-refractivity contribution >= 4 is 29.3 Å². The molecule has 2 rings (SSSR count). The number of hydrogen-bond donors (Lipinski definition) is 1. The molecule has 0 saturated carbocycles. The number of ketones is 2. The molecule has 7 nitrogen and oxygen atoms in total. The number of nitrogens with zero attached hydrogens (tertiary/aromatic N) is 4. The van der Waals surface area contributed by atoms with Gasteiger partial charge in [-0.05, 0) is 39.7 Å². The quantitative estimate of drug-likeness (QED) is 0.561. The van der Waals surface area contributed by atoms with Crippen molar-refractivity contribution in [2.45, 2.75) is 52.2 Å². The lowest BCUT2D eigenvalue weighted by Crippen LogP contribution is -2.17. The lowest BCUT2D eigenvalue weighted by Gasteiger charge is -2.17. The van der Waals surface area contributed by atoms with Crippen molar-refractivity contribution < 1.29 is 9.59 Å². The number of rotatable bonds is 8. The van der Waals surface area contributed by atoms with Gasteiger partial charge in [-0.3, -0.25) is 14.2 Å². The molecule has 0 aliphatic heterocycles. The summed E-state index contributed by atoms with van der Waals surface area (Å²) >= 11 is 1.37. The summed E-state index contributed by atoms with van der Waals surface area (Å²) in [6.45, 7) is 9.44. The normalized spacial score (nSPS) is 11.2. The van der Waals surface area contributed by atoms with Crippen LogP contribution in [0, 0.1) is 6.92 Å². The van der Waals surface area contributed by atoms with E-state index in [1.54, 1.807) is 0 Å². The lowest BCUT2D eigenvalue weighted by atomic mass is 10.0. The highest BCUT2D eigenvalue weighted by molar-refractivity contribution is 7.99. The second kappa shape index (κ2) is 8.07. The Morgan fingerprint density at radius 3 is 2.42 bits per heavy atom. The fourth-order valence-corrected chi connectivity index (χ4v) is 4.01. The molecule has 8 heteroatoms. The minimum absolute atomic E-state index is 0.0162. The van der Waals surface area contributed by atoms with Crippen LogP contribution in [0.4, 0.5) is 5.95 Å². The van der Waals surface area contributed by atoms with E-state index in [0.29, 0.717) is 22.8 Å². The van der Waals surface area contributed by atoms with Crippen LogP contribution < -0.4 is 4.90 Å². The summed E-state index contributed by atoms with van der Waals surface area (Å²) in [4.78, 5) is 29.7. The van der Waals surface area contributed by atoms with Gasteiger partial charge in [-0.15, -0.1) is 10.2 Å². The van der Waals surface area contributed by atoms with Gasteiger partial charge in [0, 0.05) is 31.4 Å². The van der Waals surface area contributed by atoms with E-state index in [1.165, 1.54) is 18.7 Å². The molecule has 2 aromatic heterocycles. The number of carbonyl (C=O) groups excluding carboxylic acids is 2. The fourth-order valence-electron chi connectivity index (χ4n) is 3.07. The van der Waals surface area contributed by atoms with Crippen LogP contribution in [0.2, 0.25) is 0 Å². The lowest BCUT2D eigenvalue weighted by molar-refractivity contribution is 0.101. The van der Waals surface area contributed by atoms with Gasteiger partial charge in [0.15, 0.2) is 16.7 Å². The summed E-state index contributed by atoms with van der Waals surface area (Å²) in [5, 5.41) is 9.17. The number of thioether (sulfide) groups is 1. The maximum atomic E-state index is 12.8. The molecule has 142 valence electrons. The van der Waals surface area contributed by atoms with E-state index >= 15 is 0 Å². The van der Waals surface area contributed by atoms with E-state index in [9.17, 15) is 9.59 Å². The van der Waals surface area contributed by atoms with Gasteiger partial charge in [0.25, 0.3) is 0 Å². The number of H-pyrrole nitrogens is 1. The van der Waals surface area contributed by atoms with E-state index in [0.717, 1.165) is 17.2 Å². The molecule has 0 aliphatic rings. The molecule has 1 N–H and O–H groups in total. The average Bonchev–Trinajstić information content (AvgIpc) is 3.13. The predicted octanol–water partition coefficient (Wildman–Crippen LogP) is 3.30. The van der Waals surface area contributed by atoms with Gasteiger partial charge >= 0.3 is 0 Å². The smallest absolute Gasteiger partial charge is 0.227 e. The van der Waals surface area contributed by atoms with E-state index < -0.39 is 0 Å². The van der Waals surface area contributed by atoms with Crippen LogP contribution in [-0.2, 0) is 6.42 Å². The van der Waals surface area contributed by atoms with Crippen molar-refractivity contribution in [1.29, 1.82) is 0 Å². The Hall–Kier alpha value is -2.09. The van der Waals surface area contributed by atoms with Gasteiger partial charge < -0.3 is 9.88 Å². The number of anilines is 1.